The van der Waals surface area contributed by atoms with Gasteiger partial charge in [0, 0.05) is 18.6 Å². The molecule has 12 heavy (non-hydrogen) atoms. The van der Waals surface area contributed by atoms with Gasteiger partial charge in [0.15, 0.2) is 0 Å². The van der Waals surface area contributed by atoms with Crippen molar-refractivity contribution in [2.75, 3.05) is 0 Å². The van der Waals surface area contributed by atoms with Crippen LogP contribution in [0, 0.1) is 0 Å². The highest BCUT2D eigenvalue weighted by atomic mass is 32.3. The fourth-order valence-electron chi connectivity index (χ4n) is 0.665. The van der Waals surface area contributed by atoms with Crippen LogP contribution in [0.1, 0.15) is 17.9 Å². The molecule has 1 heterocycles. The van der Waals surface area contributed by atoms with Gasteiger partial charge in [0.25, 0.3) is 0 Å². The molecule has 66 valence electrons. The Hall–Kier alpha value is -1.04. The summed E-state index contributed by atoms with van der Waals surface area (Å²) in [6, 6.07) is 0. The van der Waals surface area contributed by atoms with Gasteiger partial charge in [0.05, 0.1) is 5.69 Å². The Morgan fingerprint density at radius 1 is 1.50 bits per heavy atom. The summed E-state index contributed by atoms with van der Waals surface area (Å²) in [5, 5.41) is -1.24. The van der Waals surface area contributed by atoms with Crippen molar-refractivity contribution in [2.45, 2.75) is 12.2 Å². The lowest BCUT2D eigenvalue weighted by Crippen LogP contribution is -2.05. The number of hydrogen-bond donors (Lipinski definition) is 0. The quantitative estimate of drug-likeness (QED) is 0.648. The lowest BCUT2D eigenvalue weighted by molar-refractivity contribution is 0.539. The molecule has 0 aliphatic rings. The van der Waals surface area contributed by atoms with Crippen molar-refractivity contribution in [2.24, 2.45) is 0 Å². The average Bonchev–Trinajstić information content (AvgIpc) is 2.03. The predicted molar refractivity (Wildman–Crippen MR) is 40.5 cm³/mol. The molecule has 0 radical (unpaired) electrons. The predicted octanol–water partition coefficient (Wildman–Crippen LogP) is 0.837. The summed E-state index contributed by atoms with van der Waals surface area (Å²) >= 11 is 0. The van der Waals surface area contributed by atoms with E-state index in [1.54, 1.807) is 0 Å². The molecule has 0 amide bonds. The van der Waals surface area contributed by atoms with Crippen LogP contribution < -0.4 is 0 Å². The lowest BCUT2D eigenvalue weighted by atomic mass is 10.3. The third-order valence-electron chi connectivity index (χ3n) is 1.42. The van der Waals surface area contributed by atoms with Crippen molar-refractivity contribution < 1.29 is 12.3 Å². The van der Waals surface area contributed by atoms with Crippen molar-refractivity contribution in [3.63, 3.8) is 0 Å². The topological polar surface area (TPSA) is 59.9 Å². The molecule has 0 aliphatic carbocycles. The second-order valence-electron chi connectivity index (χ2n) is 2.25. The van der Waals surface area contributed by atoms with Crippen molar-refractivity contribution >= 4 is 10.2 Å². The number of hydrogen-bond acceptors (Lipinski definition) is 4. The minimum atomic E-state index is -4.56. The SMILES string of the molecule is CC(c1cnccn1)S(=O)(=O)F. The van der Waals surface area contributed by atoms with E-state index in [1.165, 1.54) is 25.5 Å². The zero-order chi connectivity index (χ0) is 9.19. The minimum absolute atomic E-state index is 0.111. The molecule has 0 saturated carbocycles. The zero-order valence-electron chi connectivity index (χ0n) is 6.31. The van der Waals surface area contributed by atoms with E-state index in [-0.39, 0.29) is 5.69 Å². The zero-order valence-corrected chi connectivity index (χ0v) is 7.12. The Morgan fingerprint density at radius 2 is 2.17 bits per heavy atom. The van der Waals surface area contributed by atoms with Gasteiger partial charge in [-0.05, 0) is 6.92 Å². The van der Waals surface area contributed by atoms with Crippen LogP contribution in [0.15, 0.2) is 18.6 Å². The van der Waals surface area contributed by atoms with E-state index in [0.29, 0.717) is 0 Å². The normalized spacial score (nSPS) is 14.2. The van der Waals surface area contributed by atoms with Gasteiger partial charge in [-0.25, -0.2) is 0 Å². The molecule has 0 aromatic carbocycles. The Kier molecular flexibility index (Phi) is 2.37. The Labute approximate surface area is 69.7 Å². The van der Waals surface area contributed by atoms with Crippen LogP contribution in [0.2, 0.25) is 0 Å². The van der Waals surface area contributed by atoms with Gasteiger partial charge in [0.1, 0.15) is 5.25 Å². The van der Waals surface area contributed by atoms with Gasteiger partial charge >= 0.3 is 10.2 Å². The van der Waals surface area contributed by atoms with E-state index in [2.05, 4.69) is 9.97 Å². The van der Waals surface area contributed by atoms with Gasteiger partial charge < -0.3 is 0 Å². The van der Waals surface area contributed by atoms with Crippen molar-refractivity contribution in [1.82, 2.24) is 9.97 Å². The largest absolute Gasteiger partial charge is 0.310 e. The number of halogens is 1. The van der Waals surface area contributed by atoms with Crippen LogP contribution in [0.5, 0.6) is 0 Å². The van der Waals surface area contributed by atoms with Gasteiger partial charge in [-0.1, -0.05) is 0 Å². The first-order valence-corrected chi connectivity index (χ1v) is 4.66. The smallest absolute Gasteiger partial charge is 0.261 e. The average molecular weight is 190 g/mol. The summed E-state index contributed by atoms with van der Waals surface area (Å²) in [5.41, 5.74) is 0.111. The van der Waals surface area contributed by atoms with Crippen molar-refractivity contribution in [3.05, 3.63) is 24.3 Å². The summed E-state index contributed by atoms with van der Waals surface area (Å²) in [6.07, 6.45) is 3.93. The Bertz CT molecular complexity index is 351. The third-order valence-corrected chi connectivity index (χ3v) is 2.51. The first-order chi connectivity index (χ1) is 5.52. The maximum Gasteiger partial charge on any atom is 0.310 e. The lowest BCUT2D eigenvalue weighted by Gasteiger charge is -2.03. The first kappa shape index (κ1) is 9.05. The molecule has 6 heteroatoms. The van der Waals surface area contributed by atoms with E-state index < -0.39 is 15.5 Å². The molecule has 1 rings (SSSR count). The summed E-state index contributed by atoms with van der Waals surface area (Å²) in [7, 11) is -4.56. The van der Waals surface area contributed by atoms with Gasteiger partial charge in [0.2, 0.25) is 0 Å². The molecule has 0 aliphatic heterocycles. The molecular formula is C6H7FN2O2S. The summed E-state index contributed by atoms with van der Waals surface area (Å²) in [5.74, 6) is 0. The van der Waals surface area contributed by atoms with Crippen LogP contribution in [-0.2, 0) is 10.2 Å². The second kappa shape index (κ2) is 3.14. The molecule has 0 saturated heterocycles. The molecule has 0 bridgehead atoms. The Morgan fingerprint density at radius 3 is 2.58 bits per heavy atom. The molecule has 1 aromatic rings. The maximum absolute atomic E-state index is 12.4. The molecule has 1 atom stereocenters. The number of nitrogens with zero attached hydrogens (tertiary/aromatic N) is 2. The van der Waals surface area contributed by atoms with Crippen LogP contribution in [0.4, 0.5) is 3.89 Å². The summed E-state index contributed by atoms with van der Waals surface area (Å²) < 4.78 is 33.2. The highest BCUT2D eigenvalue weighted by molar-refractivity contribution is 7.86. The van der Waals surface area contributed by atoms with Gasteiger partial charge in [-0.2, -0.15) is 8.42 Å². The molecule has 1 unspecified atom stereocenters. The molecule has 0 spiro atoms. The fourth-order valence-corrected chi connectivity index (χ4v) is 1.07. The van der Waals surface area contributed by atoms with Crippen LogP contribution in [0.25, 0.3) is 0 Å². The molecular weight excluding hydrogens is 183 g/mol. The third kappa shape index (κ3) is 1.97. The van der Waals surface area contributed by atoms with E-state index in [4.69, 9.17) is 0 Å². The van der Waals surface area contributed by atoms with E-state index >= 15 is 0 Å². The molecule has 1 aromatic heterocycles. The first-order valence-electron chi connectivity index (χ1n) is 3.21. The van der Waals surface area contributed by atoms with Crippen molar-refractivity contribution in [3.8, 4) is 0 Å². The molecule has 0 N–H and O–H groups in total. The van der Waals surface area contributed by atoms with E-state index in [0.717, 1.165) is 0 Å². The fraction of sp³-hybridized carbons (Fsp3) is 0.333. The maximum atomic E-state index is 12.4. The minimum Gasteiger partial charge on any atom is -0.261 e. The van der Waals surface area contributed by atoms with Gasteiger partial charge in [-0.3, -0.25) is 9.97 Å². The van der Waals surface area contributed by atoms with Crippen molar-refractivity contribution in [1.29, 1.82) is 0 Å². The number of rotatable bonds is 2. The van der Waals surface area contributed by atoms with Crippen LogP contribution in [-0.4, -0.2) is 18.4 Å². The van der Waals surface area contributed by atoms with Crippen LogP contribution >= 0.6 is 0 Å². The number of aromatic nitrogens is 2. The Balaban J connectivity index is 3.02. The van der Waals surface area contributed by atoms with E-state index in [9.17, 15) is 12.3 Å². The van der Waals surface area contributed by atoms with Crippen LogP contribution in [0.3, 0.4) is 0 Å². The standard InChI is InChI=1S/C6H7FN2O2S/c1-5(12(7,10)11)6-4-8-2-3-9-6/h2-5H,1H3. The highest BCUT2D eigenvalue weighted by Crippen LogP contribution is 2.19. The highest BCUT2D eigenvalue weighted by Gasteiger charge is 2.22. The van der Waals surface area contributed by atoms with E-state index in [1.807, 2.05) is 0 Å². The summed E-state index contributed by atoms with van der Waals surface area (Å²) in [4.78, 5) is 7.29. The second-order valence-corrected chi connectivity index (χ2v) is 3.91. The summed E-state index contributed by atoms with van der Waals surface area (Å²) in [6.45, 7) is 1.22. The molecule has 0 fully saturated rings. The monoisotopic (exact) mass is 190 g/mol. The molecule has 4 nitrogen and oxygen atoms in total. The van der Waals surface area contributed by atoms with Gasteiger partial charge in [-0.15, -0.1) is 3.89 Å².